The van der Waals surface area contributed by atoms with Gasteiger partial charge in [-0.25, -0.2) is 9.50 Å². The number of aryl methyl sites for hydroxylation is 1. The van der Waals surface area contributed by atoms with Gasteiger partial charge in [0.15, 0.2) is 0 Å². The van der Waals surface area contributed by atoms with Gasteiger partial charge in [-0.15, -0.1) is 5.10 Å². The van der Waals surface area contributed by atoms with Crippen LogP contribution in [0.3, 0.4) is 0 Å². The lowest BCUT2D eigenvalue weighted by molar-refractivity contribution is 0.768. The molecule has 0 bridgehead atoms. The minimum Gasteiger partial charge on any atom is -0.360 e. The third-order valence-corrected chi connectivity index (χ3v) is 4.35. The largest absolute Gasteiger partial charge is 0.360 e. The second-order valence-corrected chi connectivity index (χ2v) is 6.10. The van der Waals surface area contributed by atoms with E-state index in [1.54, 1.807) is 4.68 Å². The average Bonchev–Trinajstić information content (AvgIpc) is 3.24. The molecule has 0 saturated heterocycles. The van der Waals surface area contributed by atoms with Crippen LogP contribution >= 0.6 is 11.3 Å². The molecule has 0 fully saturated rings. The molecule has 0 aromatic carbocycles. The fraction of sp³-hybridized carbons (Fsp3) is 0.200. The summed E-state index contributed by atoms with van der Waals surface area (Å²) in [6.07, 6.45) is 8.27. The minimum absolute atomic E-state index is 0.788. The van der Waals surface area contributed by atoms with Crippen molar-refractivity contribution < 1.29 is 0 Å². The van der Waals surface area contributed by atoms with Gasteiger partial charge in [0.05, 0.1) is 18.1 Å². The number of hydrogen-bond donors (Lipinski definition) is 1. The first-order valence-electron chi connectivity index (χ1n) is 7.27. The summed E-state index contributed by atoms with van der Waals surface area (Å²) < 4.78 is 3.62. The third-order valence-electron chi connectivity index (χ3n) is 3.47. The van der Waals surface area contributed by atoms with Gasteiger partial charge in [0.2, 0.25) is 10.1 Å². The highest BCUT2D eigenvalue weighted by molar-refractivity contribution is 7.20. The van der Waals surface area contributed by atoms with Gasteiger partial charge < -0.3 is 5.32 Å². The predicted octanol–water partition coefficient (Wildman–Crippen LogP) is 2.24. The zero-order chi connectivity index (χ0) is 15.6. The Bertz CT molecular complexity index is 922. The van der Waals surface area contributed by atoms with Gasteiger partial charge in [0.1, 0.15) is 0 Å². The van der Waals surface area contributed by atoms with Crippen molar-refractivity contribution in [2.45, 2.75) is 6.42 Å². The van der Waals surface area contributed by atoms with Gasteiger partial charge in [-0.2, -0.15) is 5.10 Å². The lowest BCUT2D eigenvalue weighted by atomic mass is 10.3. The van der Waals surface area contributed by atoms with Gasteiger partial charge in [-0.1, -0.05) is 17.4 Å². The molecule has 4 rings (SSSR count). The maximum atomic E-state index is 4.59. The molecule has 0 spiro atoms. The minimum atomic E-state index is 0.788. The molecule has 0 aliphatic rings. The van der Waals surface area contributed by atoms with Crippen LogP contribution in [-0.2, 0) is 13.5 Å². The van der Waals surface area contributed by atoms with E-state index in [-0.39, 0.29) is 0 Å². The Balaban J connectivity index is 1.50. The van der Waals surface area contributed by atoms with E-state index >= 15 is 0 Å². The number of aromatic nitrogens is 6. The zero-order valence-electron chi connectivity index (χ0n) is 12.5. The molecule has 4 aromatic rings. The predicted molar refractivity (Wildman–Crippen MR) is 89.5 cm³/mol. The van der Waals surface area contributed by atoms with Crippen LogP contribution in [0.5, 0.6) is 0 Å². The standard InChI is InChI=1S/C15H15N7S/c1-21-10-11(8-19-21)13-9-18-15-22(13)20-14(23-15)17-7-5-12-4-2-3-6-16-12/h2-4,6,8-10H,5,7H2,1H3,(H,17,20). The van der Waals surface area contributed by atoms with Crippen molar-refractivity contribution in [1.82, 2.24) is 29.4 Å². The number of pyridine rings is 1. The molecule has 0 aliphatic heterocycles. The molecule has 0 atom stereocenters. The highest BCUT2D eigenvalue weighted by atomic mass is 32.1. The molecule has 7 nitrogen and oxygen atoms in total. The lowest BCUT2D eigenvalue weighted by Gasteiger charge is -2.01. The first-order chi connectivity index (χ1) is 11.3. The highest BCUT2D eigenvalue weighted by Gasteiger charge is 2.12. The Morgan fingerprint density at radius 2 is 2.17 bits per heavy atom. The molecule has 0 unspecified atom stereocenters. The lowest BCUT2D eigenvalue weighted by Crippen LogP contribution is -2.06. The Hall–Kier alpha value is -2.74. The van der Waals surface area contributed by atoms with Crippen molar-refractivity contribution in [2.75, 3.05) is 11.9 Å². The molecule has 0 amide bonds. The Kier molecular flexibility index (Phi) is 3.51. The van der Waals surface area contributed by atoms with Crippen molar-refractivity contribution in [3.8, 4) is 11.3 Å². The van der Waals surface area contributed by atoms with Gasteiger partial charge in [-0.05, 0) is 12.1 Å². The van der Waals surface area contributed by atoms with Gasteiger partial charge >= 0.3 is 0 Å². The monoisotopic (exact) mass is 325 g/mol. The summed E-state index contributed by atoms with van der Waals surface area (Å²) in [5.74, 6) is 0. The van der Waals surface area contributed by atoms with Crippen molar-refractivity contribution >= 4 is 21.4 Å². The summed E-state index contributed by atoms with van der Waals surface area (Å²) >= 11 is 1.54. The second-order valence-electron chi connectivity index (χ2n) is 5.15. The van der Waals surface area contributed by atoms with E-state index in [0.29, 0.717) is 0 Å². The quantitative estimate of drug-likeness (QED) is 0.609. The number of anilines is 1. The summed E-state index contributed by atoms with van der Waals surface area (Å²) in [5.41, 5.74) is 3.02. The number of fused-ring (bicyclic) bond motifs is 1. The summed E-state index contributed by atoms with van der Waals surface area (Å²) in [7, 11) is 1.90. The number of nitrogens with one attached hydrogen (secondary N) is 1. The molecule has 0 aliphatic carbocycles. The first kappa shape index (κ1) is 13.9. The van der Waals surface area contributed by atoms with Crippen LogP contribution in [0.4, 0.5) is 5.13 Å². The summed E-state index contributed by atoms with van der Waals surface area (Å²) in [6, 6.07) is 5.95. The van der Waals surface area contributed by atoms with Crippen molar-refractivity contribution in [3.63, 3.8) is 0 Å². The average molecular weight is 325 g/mol. The van der Waals surface area contributed by atoms with Gasteiger partial charge in [-0.3, -0.25) is 9.67 Å². The smallest absolute Gasteiger partial charge is 0.214 e. The number of rotatable bonds is 5. The van der Waals surface area contributed by atoms with Gasteiger partial charge in [0, 0.05) is 43.7 Å². The number of hydrogen-bond acceptors (Lipinski definition) is 6. The molecule has 0 radical (unpaired) electrons. The normalized spacial score (nSPS) is 11.2. The van der Waals surface area contributed by atoms with E-state index < -0.39 is 0 Å². The fourth-order valence-corrected chi connectivity index (χ4v) is 3.16. The topological polar surface area (TPSA) is 72.9 Å². The zero-order valence-corrected chi connectivity index (χ0v) is 13.4. The molecular formula is C15H15N7S. The van der Waals surface area contributed by atoms with E-state index in [1.807, 2.05) is 54.5 Å². The molecule has 4 aromatic heterocycles. The molecule has 4 heterocycles. The SMILES string of the molecule is Cn1cc(-c2cnc3sc(NCCc4ccccn4)nn23)cn1. The van der Waals surface area contributed by atoms with Gasteiger partial charge in [0.25, 0.3) is 0 Å². The maximum Gasteiger partial charge on any atom is 0.214 e. The summed E-state index contributed by atoms with van der Waals surface area (Å²) in [5, 5.41) is 13.0. The Morgan fingerprint density at radius 1 is 1.22 bits per heavy atom. The van der Waals surface area contributed by atoms with Crippen LogP contribution in [0.15, 0.2) is 43.0 Å². The molecule has 8 heteroatoms. The number of imidazole rings is 1. The van der Waals surface area contributed by atoms with Crippen molar-refractivity contribution in [2.24, 2.45) is 7.05 Å². The van der Waals surface area contributed by atoms with E-state index in [9.17, 15) is 0 Å². The molecule has 116 valence electrons. The highest BCUT2D eigenvalue weighted by Crippen LogP contribution is 2.25. The van der Waals surface area contributed by atoms with E-state index in [0.717, 1.165) is 40.0 Å². The van der Waals surface area contributed by atoms with E-state index in [4.69, 9.17) is 0 Å². The second kappa shape index (κ2) is 5.81. The van der Waals surface area contributed by atoms with Crippen molar-refractivity contribution in [3.05, 3.63) is 48.7 Å². The molecule has 0 saturated carbocycles. The summed E-state index contributed by atoms with van der Waals surface area (Å²) in [6.45, 7) is 0.788. The van der Waals surface area contributed by atoms with E-state index in [2.05, 4.69) is 25.5 Å². The van der Waals surface area contributed by atoms with Crippen molar-refractivity contribution in [1.29, 1.82) is 0 Å². The maximum absolute atomic E-state index is 4.59. The molecular weight excluding hydrogens is 310 g/mol. The Labute approximate surface area is 136 Å². The first-order valence-corrected chi connectivity index (χ1v) is 8.08. The van der Waals surface area contributed by atoms with Crippen LogP contribution < -0.4 is 5.32 Å². The fourth-order valence-electron chi connectivity index (χ4n) is 2.36. The van der Waals surface area contributed by atoms with Crippen LogP contribution in [0.1, 0.15) is 5.69 Å². The van der Waals surface area contributed by atoms with E-state index in [1.165, 1.54) is 11.3 Å². The third kappa shape index (κ3) is 2.80. The van der Waals surface area contributed by atoms with Crippen LogP contribution in [0, 0.1) is 0 Å². The Morgan fingerprint density at radius 3 is 2.96 bits per heavy atom. The molecule has 23 heavy (non-hydrogen) atoms. The van der Waals surface area contributed by atoms with Crippen LogP contribution in [-0.4, -0.2) is 35.9 Å². The van der Waals surface area contributed by atoms with Crippen LogP contribution in [0.2, 0.25) is 0 Å². The molecule has 1 N–H and O–H groups in total. The summed E-state index contributed by atoms with van der Waals surface area (Å²) in [4.78, 5) is 9.60. The number of nitrogens with zero attached hydrogens (tertiary/aromatic N) is 6. The van der Waals surface area contributed by atoms with Crippen LogP contribution in [0.25, 0.3) is 16.2 Å².